The molecule has 2 aliphatic heterocycles. The smallest absolute Gasteiger partial charge is 0.224 e. The number of nitrogens with one attached hydrogen (secondary N) is 1. The molecule has 1 aromatic carbocycles. The van der Waals surface area contributed by atoms with Gasteiger partial charge in [0.05, 0.1) is 0 Å². The molecule has 0 unspecified atom stereocenters. The summed E-state index contributed by atoms with van der Waals surface area (Å²) in [7, 11) is 2.17. The van der Waals surface area contributed by atoms with Crippen molar-refractivity contribution in [2.24, 2.45) is 0 Å². The first kappa shape index (κ1) is 15.8. The van der Waals surface area contributed by atoms with Gasteiger partial charge < -0.3 is 15.1 Å². The van der Waals surface area contributed by atoms with Gasteiger partial charge in [0.2, 0.25) is 5.91 Å². The number of amides is 1. The highest BCUT2D eigenvalue weighted by Crippen LogP contribution is 2.21. The van der Waals surface area contributed by atoms with E-state index in [0.29, 0.717) is 19.0 Å². The molecule has 1 amide bonds. The van der Waals surface area contributed by atoms with E-state index < -0.39 is 0 Å². The number of hydrogen-bond donors (Lipinski definition) is 1. The van der Waals surface area contributed by atoms with Crippen molar-refractivity contribution in [1.29, 1.82) is 0 Å². The molecule has 3 rings (SSSR count). The summed E-state index contributed by atoms with van der Waals surface area (Å²) in [6, 6.07) is 8.59. The summed E-state index contributed by atoms with van der Waals surface area (Å²) < 4.78 is 0. The van der Waals surface area contributed by atoms with Crippen LogP contribution in [0.4, 0.5) is 0 Å². The van der Waals surface area contributed by atoms with Crippen LogP contribution in [-0.2, 0) is 11.3 Å². The molecule has 2 fully saturated rings. The standard InChI is InChI=1S/C17H24ClN3O/c1-20-8-6-14(7-9-20)19-15-10-17(22)21(12-15)11-13-4-2-3-5-16(13)18/h2-5,14-15,19H,6-12H2,1H3/t15-/m0/s1. The number of rotatable bonds is 4. The van der Waals surface area contributed by atoms with Crippen molar-refractivity contribution in [3.8, 4) is 0 Å². The predicted molar refractivity (Wildman–Crippen MR) is 88.9 cm³/mol. The molecule has 0 aliphatic carbocycles. The molecular weight excluding hydrogens is 298 g/mol. The van der Waals surface area contributed by atoms with Gasteiger partial charge in [0.15, 0.2) is 0 Å². The molecular formula is C17H24ClN3O. The number of halogens is 1. The number of likely N-dealkylation sites (tertiary alicyclic amines) is 2. The SMILES string of the molecule is CN1CCC(N[C@H]2CC(=O)N(Cc3ccccc3Cl)C2)CC1. The van der Waals surface area contributed by atoms with Crippen molar-refractivity contribution in [3.63, 3.8) is 0 Å². The van der Waals surface area contributed by atoms with Gasteiger partial charge in [-0.05, 0) is 44.6 Å². The number of nitrogens with zero attached hydrogens (tertiary/aromatic N) is 2. The molecule has 0 spiro atoms. The van der Waals surface area contributed by atoms with Crippen molar-refractivity contribution in [1.82, 2.24) is 15.1 Å². The van der Waals surface area contributed by atoms with Crippen LogP contribution in [0.3, 0.4) is 0 Å². The third kappa shape index (κ3) is 3.80. The first-order valence-electron chi connectivity index (χ1n) is 8.07. The van der Waals surface area contributed by atoms with Crippen LogP contribution < -0.4 is 5.32 Å². The molecule has 5 heteroatoms. The maximum absolute atomic E-state index is 12.2. The van der Waals surface area contributed by atoms with Crippen LogP contribution in [0.1, 0.15) is 24.8 Å². The highest BCUT2D eigenvalue weighted by molar-refractivity contribution is 6.31. The Balaban J connectivity index is 1.53. The summed E-state index contributed by atoms with van der Waals surface area (Å²) in [5.74, 6) is 0.227. The minimum absolute atomic E-state index is 0.227. The van der Waals surface area contributed by atoms with E-state index in [9.17, 15) is 4.79 Å². The van der Waals surface area contributed by atoms with E-state index >= 15 is 0 Å². The van der Waals surface area contributed by atoms with Gasteiger partial charge in [0.1, 0.15) is 0 Å². The number of carbonyl (C=O) groups is 1. The van der Waals surface area contributed by atoms with Crippen LogP contribution in [-0.4, -0.2) is 54.5 Å². The Morgan fingerprint density at radius 3 is 2.68 bits per heavy atom. The largest absolute Gasteiger partial charge is 0.337 e. The van der Waals surface area contributed by atoms with E-state index in [4.69, 9.17) is 11.6 Å². The van der Waals surface area contributed by atoms with Gasteiger partial charge >= 0.3 is 0 Å². The molecule has 0 saturated carbocycles. The first-order chi connectivity index (χ1) is 10.6. The molecule has 4 nitrogen and oxygen atoms in total. The average Bonchev–Trinajstić information content (AvgIpc) is 2.84. The summed E-state index contributed by atoms with van der Waals surface area (Å²) >= 11 is 6.20. The minimum atomic E-state index is 0.227. The van der Waals surface area contributed by atoms with Crippen LogP contribution in [0.15, 0.2) is 24.3 Å². The van der Waals surface area contributed by atoms with Gasteiger partial charge in [-0.2, -0.15) is 0 Å². The first-order valence-corrected chi connectivity index (χ1v) is 8.45. The Bertz CT molecular complexity index is 528. The number of piperidine rings is 1. The highest BCUT2D eigenvalue weighted by atomic mass is 35.5. The highest BCUT2D eigenvalue weighted by Gasteiger charge is 2.31. The Morgan fingerprint density at radius 2 is 1.95 bits per heavy atom. The lowest BCUT2D eigenvalue weighted by molar-refractivity contribution is -0.128. The van der Waals surface area contributed by atoms with E-state index in [-0.39, 0.29) is 11.9 Å². The zero-order chi connectivity index (χ0) is 15.5. The van der Waals surface area contributed by atoms with E-state index in [0.717, 1.165) is 30.2 Å². The molecule has 2 saturated heterocycles. The fourth-order valence-electron chi connectivity index (χ4n) is 3.38. The Hall–Kier alpha value is -1.10. The third-order valence-corrected chi connectivity index (χ3v) is 5.09. The lowest BCUT2D eigenvalue weighted by Gasteiger charge is -2.31. The number of benzene rings is 1. The van der Waals surface area contributed by atoms with Gasteiger partial charge in [-0.15, -0.1) is 0 Å². The summed E-state index contributed by atoms with van der Waals surface area (Å²) in [5.41, 5.74) is 1.03. The second kappa shape index (κ2) is 6.99. The molecule has 2 aliphatic rings. The quantitative estimate of drug-likeness (QED) is 0.922. The molecule has 1 N–H and O–H groups in total. The summed E-state index contributed by atoms with van der Waals surface area (Å²) in [6.07, 6.45) is 2.95. The second-order valence-electron chi connectivity index (χ2n) is 6.51. The molecule has 120 valence electrons. The molecule has 0 aromatic heterocycles. The van der Waals surface area contributed by atoms with Crippen molar-refractivity contribution < 1.29 is 4.79 Å². The molecule has 1 atom stereocenters. The van der Waals surface area contributed by atoms with E-state index in [1.165, 1.54) is 12.8 Å². The van der Waals surface area contributed by atoms with Gasteiger partial charge in [-0.25, -0.2) is 0 Å². The summed E-state index contributed by atoms with van der Waals surface area (Å²) in [6.45, 7) is 3.68. The maximum Gasteiger partial charge on any atom is 0.224 e. The lowest BCUT2D eigenvalue weighted by atomic mass is 10.0. The molecule has 0 radical (unpaired) electrons. The van der Waals surface area contributed by atoms with E-state index in [1.54, 1.807) is 0 Å². The predicted octanol–water partition coefficient (Wildman–Crippen LogP) is 2.12. The second-order valence-corrected chi connectivity index (χ2v) is 6.92. The fourth-order valence-corrected chi connectivity index (χ4v) is 3.57. The van der Waals surface area contributed by atoms with Crippen LogP contribution in [0.25, 0.3) is 0 Å². The topological polar surface area (TPSA) is 35.6 Å². The Kier molecular flexibility index (Phi) is 5.01. The Labute approximate surface area is 137 Å². The van der Waals surface area contributed by atoms with Gasteiger partial charge in [0, 0.05) is 36.6 Å². The molecule has 22 heavy (non-hydrogen) atoms. The van der Waals surface area contributed by atoms with Crippen LogP contribution in [0.5, 0.6) is 0 Å². The normalized spacial score (nSPS) is 24.2. The number of hydrogen-bond acceptors (Lipinski definition) is 3. The zero-order valence-electron chi connectivity index (χ0n) is 13.1. The van der Waals surface area contributed by atoms with Crippen LogP contribution >= 0.6 is 11.6 Å². The van der Waals surface area contributed by atoms with Gasteiger partial charge in [0.25, 0.3) is 0 Å². The monoisotopic (exact) mass is 321 g/mol. The van der Waals surface area contributed by atoms with Gasteiger partial charge in [-0.1, -0.05) is 29.8 Å². The molecule has 1 aromatic rings. The Morgan fingerprint density at radius 1 is 1.23 bits per heavy atom. The number of carbonyl (C=O) groups excluding carboxylic acids is 1. The minimum Gasteiger partial charge on any atom is -0.337 e. The van der Waals surface area contributed by atoms with Crippen molar-refractivity contribution in [2.45, 2.75) is 37.9 Å². The van der Waals surface area contributed by atoms with E-state index in [2.05, 4.69) is 17.3 Å². The van der Waals surface area contributed by atoms with Crippen molar-refractivity contribution in [3.05, 3.63) is 34.9 Å². The molecule has 2 heterocycles. The van der Waals surface area contributed by atoms with Crippen LogP contribution in [0, 0.1) is 0 Å². The lowest BCUT2D eigenvalue weighted by Crippen LogP contribution is -2.46. The summed E-state index contributed by atoms with van der Waals surface area (Å²) in [4.78, 5) is 16.5. The summed E-state index contributed by atoms with van der Waals surface area (Å²) in [5, 5.41) is 4.41. The molecule has 0 bridgehead atoms. The fraction of sp³-hybridized carbons (Fsp3) is 0.588. The zero-order valence-corrected chi connectivity index (χ0v) is 13.9. The maximum atomic E-state index is 12.2. The average molecular weight is 322 g/mol. The van der Waals surface area contributed by atoms with Gasteiger partial charge in [-0.3, -0.25) is 4.79 Å². The van der Waals surface area contributed by atoms with Crippen molar-refractivity contribution in [2.75, 3.05) is 26.7 Å². The van der Waals surface area contributed by atoms with Crippen molar-refractivity contribution >= 4 is 17.5 Å². The van der Waals surface area contributed by atoms with E-state index in [1.807, 2.05) is 29.2 Å². The third-order valence-electron chi connectivity index (χ3n) is 4.72. The van der Waals surface area contributed by atoms with Crippen LogP contribution in [0.2, 0.25) is 5.02 Å².